The molecule has 0 bridgehead atoms. The highest BCUT2D eigenvalue weighted by Crippen LogP contribution is 2.24. The molecule has 0 amide bonds. The molecule has 0 spiro atoms. The third kappa shape index (κ3) is 2.90. The predicted octanol–water partition coefficient (Wildman–Crippen LogP) is 3.78. The SMILES string of the molecule is Nc1cc(F)ccc1OCc1cc(Cl)ccc1F. The van der Waals surface area contributed by atoms with Gasteiger partial charge >= 0.3 is 0 Å². The highest BCUT2D eigenvalue weighted by Gasteiger charge is 2.06. The molecule has 0 saturated carbocycles. The van der Waals surface area contributed by atoms with Gasteiger partial charge in [-0.15, -0.1) is 0 Å². The Bertz CT molecular complexity index is 575. The Balaban J connectivity index is 2.13. The van der Waals surface area contributed by atoms with Crippen LogP contribution in [0, 0.1) is 11.6 Å². The summed E-state index contributed by atoms with van der Waals surface area (Å²) in [6.45, 7) is -0.0256. The maximum atomic E-state index is 13.4. The summed E-state index contributed by atoms with van der Waals surface area (Å²) in [6, 6.07) is 7.94. The van der Waals surface area contributed by atoms with Gasteiger partial charge in [0, 0.05) is 16.7 Å². The van der Waals surface area contributed by atoms with Crippen molar-refractivity contribution >= 4 is 17.3 Å². The van der Waals surface area contributed by atoms with E-state index in [-0.39, 0.29) is 12.3 Å². The molecule has 94 valence electrons. The van der Waals surface area contributed by atoms with Crippen LogP contribution in [0.1, 0.15) is 5.56 Å². The largest absolute Gasteiger partial charge is 0.487 e. The number of nitrogen functional groups attached to an aromatic ring is 1. The minimum atomic E-state index is -0.450. The molecular weight excluding hydrogens is 260 g/mol. The molecule has 0 unspecified atom stereocenters. The fourth-order valence-corrected chi connectivity index (χ4v) is 1.65. The van der Waals surface area contributed by atoms with Crippen LogP contribution in [0.25, 0.3) is 0 Å². The summed E-state index contributed by atoms with van der Waals surface area (Å²) in [6.07, 6.45) is 0. The molecule has 0 aliphatic carbocycles. The van der Waals surface area contributed by atoms with E-state index >= 15 is 0 Å². The highest BCUT2D eigenvalue weighted by molar-refractivity contribution is 6.30. The molecule has 0 aliphatic rings. The minimum Gasteiger partial charge on any atom is -0.487 e. The second-order valence-corrected chi connectivity index (χ2v) is 4.14. The first-order valence-corrected chi connectivity index (χ1v) is 5.56. The van der Waals surface area contributed by atoms with Crippen molar-refractivity contribution in [2.24, 2.45) is 0 Å². The number of hydrogen-bond acceptors (Lipinski definition) is 2. The molecule has 18 heavy (non-hydrogen) atoms. The predicted molar refractivity (Wildman–Crippen MR) is 66.6 cm³/mol. The van der Waals surface area contributed by atoms with E-state index in [1.54, 1.807) is 0 Å². The Kier molecular flexibility index (Phi) is 3.67. The molecule has 0 radical (unpaired) electrons. The molecule has 2 rings (SSSR count). The number of rotatable bonds is 3. The summed E-state index contributed by atoms with van der Waals surface area (Å²) >= 11 is 5.75. The van der Waals surface area contributed by atoms with Crippen LogP contribution in [0.5, 0.6) is 5.75 Å². The van der Waals surface area contributed by atoms with Crippen LogP contribution in [0.3, 0.4) is 0 Å². The fourth-order valence-electron chi connectivity index (χ4n) is 1.46. The Morgan fingerprint density at radius 3 is 2.61 bits per heavy atom. The number of nitrogens with two attached hydrogens (primary N) is 1. The molecular formula is C13H10ClF2NO. The van der Waals surface area contributed by atoms with E-state index < -0.39 is 11.6 Å². The van der Waals surface area contributed by atoms with E-state index in [1.807, 2.05) is 0 Å². The number of ether oxygens (including phenoxy) is 1. The zero-order valence-electron chi connectivity index (χ0n) is 9.29. The molecule has 0 atom stereocenters. The zero-order chi connectivity index (χ0) is 13.1. The summed E-state index contributed by atoms with van der Waals surface area (Å²) in [5.41, 5.74) is 6.04. The topological polar surface area (TPSA) is 35.2 Å². The number of benzene rings is 2. The standard InChI is InChI=1S/C13H10ClF2NO/c14-9-1-3-11(16)8(5-9)7-18-13-4-2-10(15)6-12(13)17/h1-6H,7,17H2. The minimum absolute atomic E-state index is 0.0256. The Morgan fingerprint density at radius 2 is 1.89 bits per heavy atom. The smallest absolute Gasteiger partial charge is 0.142 e. The van der Waals surface area contributed by atoms with Crippen LogP contribution >= 0.6 is 11.6 Å². The zero-order valence-corrected chi connectivity index (χ0v) is 10.0. The molecule has 0 aliphatic heterocycles. The number of anilines is 1. The lowest BCUT2D eigenvalue weighted by Gasteiger charge is -2.09. The third-order valence-corrected chi connectivity index (χ3v) is 2.60. The monoisotopic (exact) mass is 269 g/mol. The van der Waals surface area contributed by atoms with Crippen molar-refractivity contribution in [2.75, 3.05) is 5.73 Å². The molecule has 0 saturated heterocycles. The summed E-state index contributed by atoms with van der Waals surface area (Å²) in [7, 11) is 0. The lowest BCUT2D eigenvalue weighted by Crippen LogP contribution is -2.01. The lowest BCUT2D eigenvalue weighted by atomic mass is 10.2. The van der Waals surface area contributed by atoms with Gasteiger partial charge in [0.2, 0.25) is 0 Å². The average molecular weight is 270 g/mol. The van der Waals surface area contributed by atoms with Crippen LogP contribution in [-0.4, -0.2) is 0 Å². The maximum Gasteiger partial charge on any atom is 0.142 e. The van der Waals surface area contributed by atoms with Crippen molar-refractivity contribution in [2.45, 2.75) is 6.61 Å². The van der Waals surface area contributed by atoms with Gasteiger partial charge in [0.25, 0.3) is 0 Å². The van der Waals surface area contributed by atoms with Crippen LogP contribution in [-0.2, 0) is 6.61 Å². The first-order chi connectivity index (χ1) is 8.56. The van der Waals surface area contributed by atoms with Gasteiger partial charge in [0.05, 0.1) is 5.69 Å². The molecule has 5 heteroatoms. The second kappa shape index (κ2) is 5.23. The Hall–Kier alpha value is -1.81. The van der Waals surface area contributed by atoms with E-state index in [2.05, 4.69) is 0 Å². The van der Waals surface area contributed by atoms with E-state index in [0.29, 0.717) is 16.3 Å². The Morgan fingerprint density at radius 1 is 1.11 bits per heavy atom. The van der Waals surface area contributed by atoms with Crippen molar-refractivity contribution in [1.82, 2.24) is 0 Å². The summed E-state index contributed by atoms with van der Waals surface area (Å²) in [4.78, 5) is 0. The van der Waals surface area contributed by atoms with Crippen molar-refractivity contribution in [3.63, 3.8) is 0 Å². The highest BCUT2D eigenvalue weighted by atomic mass is 35.5. The van der Waals surface area contributed by atoms with Gasteiger partial charge in [-0.25, -0.2) is 8.78 Å². The van der Waals surface area contributed by atoms with Crippen LogP contribution in [0.2, 0.25) is 5.02 Å². The molecule has 2 aromatic rings. The van der Waals surface area contributed by atoms with Crippen molar-refractivity contribution in [3.05, 3.63) is 58.6 Å². The van der Waals surface area contributed by atoms with Gasteiger partial charge in [0.15, 0.2) is 0 Å². The van der Waals surface area contributed by atoms with Crippen molar-refractivity contribution < 1.29 is 13.5 Å². The van der Waals surface area contributed by atoms with E-state index in [0.717, 1.165) is 6.07 Å². The first kappa shape index (κ1) is 12.6. The first-order valence-electron chi connectivity index (χ1n) is 5.18. The summed E-state index contributed by atoms with van der Waals surface area (Å²) < 4.78 is 31.5. The van der Waals surface area contributed by atoms with Crippen molar-refractivity contribution in [1.29, 1.82) is 0 Å². The summed E-state index contributed by atoms with van der Waals surface area (Å²) in [5.74, 6) is -0.565. The van der Waals surface area contributed by atoms with Crippen LogP contribution < -0.4 is 10.5 Å². The van der Waals surface area contributed by atoms with Gasteiger partial charge in [0.1, 0.15) is 24.0 Å². The molecule has 0 aromatic heterocycles. The van der Waals surface area contributed by atoms with E-state index in [1.165, 1.54) is 30.3 Å². The van der Waals surface area contributed by atoms with Gasteiger partial charge in [-0.3, -0.25) is 0 Å². The maximum absolute atomic E-state index is 13.4. The van der Waals surface area contributed by atoms with Gasteiger partial charge in [-0.2, -0.15) is 0 Å². The molecule has 2 N–H and O–H groups in total. The third-order valence-electron chi connectivity index (χ3n) is 2.36. The second-order valence-electron chi connectivity index (χ2n) is 3.71. The molecule has 0 fully saturated rings. The number of hydrogen-bond donors (Lipinski definition) is 1. The quantitative estimate of drug-likeness (QED) is 0.861. The average Bonchev–Trinajstić information content (AvgIpc) is 2.32. The van der Waals surface area contributed by atoms with Crippen LogP contribution in [0.4, 0.5) is 14.5 Å². The lowest BCUT2D eigenvalue weighted by molar-refractivity contribution is 0.301. The van der Waals surface area contributed by atoms with Gasteiger partial charge < -0.3 is 10.5 Å². The normalized spacial score (nSPS) is 10.4. The fraction of sp³-hybridized carbons (Fsp3) is 0.0769. The van der Waals surface area contributed by atoms with Crippen LogP contribution in [0.15, 0.2) is 36.4 Å². The summed E-state index contributed by atoms with van der Waals surface area (Å²) in [5, 5.41) is 0.419. The molecule has 2 nitrogen and oxygen atoms in total. The van der Waals surface area contributed by atoms with Gasteiger partial charge in [-0.1, -0.05) is 11.6 Å². The molecule has 0 heterocycles. The van der Waals surface area contributed by atoms with Gasteiger partial charge in [-0.05, 0) is 30.3 Å². The molecule has 2 aromatic carbocycles. The van der Waals surface area contributed by atoms with E-state index in [9.17, 15) is 8.78 Å². The van der Waals surface area contributed by atoms with E-state index in [4.69, 9.17) is 22.1 Å². The Labute approximate surface area is 108 Å². The number of halogens is 3. The van der Waals surface area contributed by atoms with Crippen molar-refractivity contribution in [3.8, 4) is 5.75 Å².